The molecule has 25 heavy (non-hydrogen) atoms. The third kappa shape index (κ3) is 2.50. The van der Waals surface area contributed by atoms with Crippen LogP contribution in [0.15, 0.2) is 11.6 Å². The van der Waals surface area contributed by atoms with Gasteiger partial charge in [0.05, 0.1) is 17.6 Å². The number of rotatable bonds is 3. The van der Waals surface area contributed by atoms with Crippen LogP contribution in [0.2, 0.25) is 0 Å². The number of fused-ring (bicyclic) bond motifs is 2. The average Bonchev–Trinajstić information content (AvgIpc) is 2.84. The van der Waals surface area contributed by atoms with Crippen molar-refractivity contribution in [2.75, 3.05) is 6.61 Å². The first-order valence-electron chi connectivity index (χ1n) is 9.27. The minimum Gasteiger partial charge on any atom is -0.481 e. The van der Waals surface area contributed by atoms with Gasteiger partial charge in [0, 0.05) is 23.4 Å². The number of carboxylic acid groups (broad SMARTS) is 1. The van der Waals surface area contributed by atoms with Gasteiger partial charge in [-0.05, 0) is 51.2 Å². The first-order valence-corrected chi connectivity index (χ1v) is 9.27. The molecule has 5 heteroatoms. The molecule has 0 bridgehead atoms. The molecule has 1 spiro atoms. The van der Waals surface area contributed by atoms with E-state index in [-0.39, 0.29) is 24.7 Å². The third-order valence-electron chi connectivity index (χ3n) is 7.29. The van der Waals surface area contributed by atoms with Gasteiger partial charge in [-0.2, -0.15) is 0 Å². The summed E-state index contributed by atoms with van der Waals surface area (Å²) in [5, 5.41) is 19.3. The highest BCUT2D eigenvalue weighted by Crippen LogP contribution is 2.65. The minimum absolute atomic E-state index is 0.0195. The van der Waals surface area contributed by atoms with Gasteiger partial charge in [0.15, 0.2) is 5.78 Å². The molecule has 0 aromatic carbocycles. The molecule has 0 unspecified atom stereocenters. The van der Waals surface area contributed by atoms with Crippen LogP contribution in [0, 0.1) is 16.7 Å². The predicted molar refractivity (Wildman–Crippen MR) is 93.1 cm³/mol. The van der Waals surface area contributed by atoms with Crippen molar-refractivity contribution in [2.45, 2.75) is 77.4 Å². The molecule has 3 rings (SSSR count). The number of aliphatic carboxylic acids is 1. The number of aliphatic hydroxyl groups excluding tert-OH is 1. The quantitative estimate of drug-likeness (QED) is 0.817. The minimum atomic E-state index is -0.862. The Bertz CT molecular complexity index is 640. The molecule has 1 saturated heterocycles. The molecule has 0 aromatic rings. The Kier molecular flexibility index (Phi) is 4.20. The molecule has 0 radical (unpaired) electrons. The number of hydrogen-bond acceptors (Lipinski definition) is 4. The molecular weight excluding hydrogens is 320 g/mol. The zero-order chi connectivity index (χ0) is 18.7. The van der Waals surface area contributed by atoms with E-state index in [1.54, 1.807) is 6.08 Å². The van der Waals surface area contributed by atoms with E-state index in [0.29, 0.717) is 6.42 Å². The number of aliphatic hydroxyl groups is 1. The van der Waals surface area contributed by atoms with Crippen LogP contribution < -0.4 is 0 Å². The summed E-state index contributed by atoms with van der Waals surface area (Å²) in [6, 6.07) is 0. The van der Waals surface area contributed by atoms with Crippen LogP contribution in [0.3, 0.4) is 0 Å². The maximum absolute atomic E-state index is 13.0. The summed E-state index contributed by atoms with van der Waals surface area (Å²) in [5.41, 5.74) is -1.31. The van der Waals surface area contributed by atoms with Crippen LogP contribution in [-0.2, 0) is 14.3 Å². The van der Waals surface area contributed by atoms with Crippen molar-refractivity contribution < 1.29 is 24.5 Å². The van der Waals surface area contributed by atoms with E-state index >= 15 is 0 Å². The summed E-state index contributed by atoms with van der Waals surface area (Å²) in [6.45, 7) is 7.91. The number of carboxylic acids is 1. The molecule has 0 amide bonds. The van der Waals surface area contributed by atoms with E-state index in [2.05, 4.69) is 6.92 Å². The second kappa shape index (κ2) is 5.65. The van der Waals surface area contributed by atoms with E-state index in [0.717, 1.165) is 31.3 Å². The van der Waals surface area contributed by atoms with Crippen LogP contribution in [0.25, 0.3) is 0 Å². The van der Waals surface area contributed by atoms with Gasteiger partial charge in [-0.25, -0.2) is 0 Å². The Morgan fingerprint density at radius 2 is 1.92 bits per heavy atom. The van der Waals surface area contributed by atoms with Crippen LogP contribution in [0.5, 0.6) is 0 Å². The molecule has 1 aliphatic heterocycles. The number of carbonyl (C=O) groups is 2. The summed E-state index contributed by atoms with van der Waals surface area (Å²) in [7, 11) is 0. The second-order valence-corrected chi connectivity index (χ2v) is 9.20. The Morgan fingerprint density at radius 1 is 1.24 bits per heavy atom. The third-order valence-corrected chi connectivity index (χ3v) is 7.29. The molecule has 0 aromatic heterocycles. The molecule has 1 saturated carbocycles. The van der Waals surface area contributed by atoms with E-state index in [9.17, 15) is 19.8 Å². The fourth-order valence-corrected chi connectivity index (χ4v) is 6.13. The molecule has 140 valence electrons. The van der Waals surface area contributed by atoms with Crippen molar-refractivity contribution in [2.24, 2.45) is 16.7 Å². The number of ether oxygens (including phenoxy) is 1. The topological polar surface area (TPSA) is 83.8 Å². The van der Waals surface area contributed by atoms with Crippen molar-refractivity contribution in [1.82, 2.24) is 0 Å². The smallest absolute Gasteiger partial charge is 0.306 e. The molecule has 1 heterocycles. The highest BCUT2D eigenvalue weighted by atomic mass is 16.5. The van der Waals surface area contributed by atoms with Crippen molar-refractivity contribution in [3.05, 3.63) is 11.6 Å². The molecule has 5 nitrogen and oxygen atoms in total. The zero-order valence-corrected chi connectivity index (χ0v) is 15.7. The van der Waals surface area contributed by atoms with Gasteiger partial charge < -0.3 is 14.9 Å². The molecule has 2 N–H and O–H groups in total. The maximum Gasteiger partial charge on any atom is 0.306 e. The van der Waals surface area contributed by atoms with Gasteiger partial charge in [-0.15, -0.1) is 0 Å². The van der Waals surface area contributed by atoms with Crippen LogP contribution >= 0.6 is 0 Å². The Morgan fingerprint density at radius 3 is 2.52 bits per heavy atom. The molecule has 2 aliphatic carbocycles. The number of allylic oxidation sites excluding steroid dienone is 1. The van der Waals surface area contributed by atoms with E-state index < -0.39 is 28.0 Å². The fourth-order valence-electron chi connectivity index (χ4n) is 6.13. The average molecular weight is 350 g/mol. The first-order chi connectivity index (χ1) is 11.5. The Labute approximate surface area is 149 Å². The van der Waals surface area contributed by atoms with Gasteiger partial charge in [0.2, 0.25) is 0 Å². The summed E-state index contributed by atoms with van der Waals surface area (Å²) >= 11 is 0. The van der Waals surface area contributed by atoms with E-state index in [1.807, 2.05) is 20.8 Å². The number of ketones is 1. The molecular formula is C20H30O5. The van der Waals surface area contributed by atoms with Crippen LogP contribution in [0.4, 0.5) is 0 Å². The monoisotopic (exact) mass is 350 g/mol. The lowest BCUT2D eigenvalue weighted by Gasteiger charge is -2.60. The van der Waals surface area contributed by atoms with Gasteiger partial charge in [-0.1, -0.05) is 20.3 Å². The largest absolute Gasteiger partial charge is 0.481 e. The van der Waals surface area contributed by atoms with Crippen molar-refractivity contribution in [3.63, 3.8) is 0 Å². The summed E-state index contributed by atoms with van der Waals surface area (Å²) in [6.07, 6.45) is 5.66. The lowest BCUT2D eigenvalue weighted by Crippen LogP contribution is -2.63. The SMILES string of the molecule is CC1=CC(=O)[C@H]2[C@](C)(CO)CCC[C@]2(C)[C@@]12CC[C@@](C)(CC(=O)O)O2. The van der Waals surface area contributed by atoms with Gasteiger partial charge in [0.1, 0.15) is 0 Å². The predicted octanol–water partition coefficient (Wildman–Crippen LogP) is 3.10. The van der Waals surface area contributed by atoms with Crippen molar-refractivity contribution in [1.29, 1.82) is 0 Å². The highest BCUT2D eigenvalue weighted by molar-refractivity contribution is 5.95. The van der Waals surface area contributed by atoms with Gasteiger partial charge >= 0.3 is 5.97 Å². The normalized spacial score (nSPS) is 46.8. The number of carbonyl (C=O) groups excluding carboxylic acids is 1. The van der Waals surface area contributed by atoms with Crippen LogP contribution in [0.1, 0.15) is 66.2 Å². The maximum atomic E-state index is 13.0. The van der Waals surface area contributed by atoms with Gasteiger partial charge in [0.25, 0.3) is 0 Å². The van der Waals surface area contributed by atoms with E-state index in [1.165, 1.54) is 0 Å². The van der Waals surface area contributed by atoms with Gasteiger partial charge in [-0.3, -0.25) is 9.59 Å². The molecule has 3 aliphatic rings. The standard InChI is InChI=1S/C20H30O5/c1-13-10-14(22)16-17(2,12-21)6-5-7-19(16,4)20(13)9-8-18(3,25-20)11-15(23)24/h10,16,21H,5-9,11-12H2,1-4H3,(H,23,24)/t16-,17-,18-,19-,20+/m0/s1. The lowest BCUT2D eigenvalue weighted by molar-refractivity contribution is -0.199. The first kappa shape index (κ1) is 18.6. The summed E-state index contributed by atoms with van der Waals surface area (Å²) in [5.74, 6) is -1.08. The Hall–Kier alpha value is -1.20. The van der Waals surface area contributed by atoms with Crippen LogP contribution in [-0.4, -0.2) is 39.8 Å². The fraction of sp³-hybridized carbons (Fsp3) is 0.800. The zero-order valence-electron chi connectivity index (χ0n) is 15.7. The van der Waals surface area contributed by atoms with E-state index in [4.69, 9.17) is 4.74 Å². The summed E-state index contributed by atoms with van der Waals surface area (Å²) < 4.78 is 6.58. The molecule has 2 fully saturated rings. The lowest BCUT2D eigenvalue weighted by atomic mass is 9.46. The van der Waals surface area contributed by atoms with Crippen molar-refractivity contribution >= 4 is 11.8 Å². The number of hydrogen-bond donors (Lipinski definition) is 2. The molecule has 5 atom stereocenters. The Balaban J connectivity index is 2.09. The van der Waals surface area contributed by atoms with Crippen molar-refractivity contribution in [3.8, 4) is 0 Å². The highest BCUT2D eigenvalue weighted by Gasteiger charge is 2.67. The second-order valence-electron chi connectivity index (χ2n) is 9.20. The summed E-state index contributed by atoms with van der Waals surface area (Å²) in [4.78, 5) is 24.3.